The normalized spacial score (nSPS) is 13.9. The van der Waals surface area contributed by atoms with Crippen LogP contribution in [0.2, 0.25) is 5.02 Å². The molecule has 0 radical (unpaired) electrons. The second kappa shape index (κ2) is 11.6. The van der Waals surface area contributed by atoms with Crippen molar-refractivity contribution in [3.8, 4) is 11.1 Å². The van der Waals surface area contributed by atoms with Gasteiger partial charge >= 0.3 is 12.1 Å². The number of halogens is 3. The highest BCUT2D eigenvalue weighted by Crippen LogP contribution is 2.35. The highest BCUT2D eigenvalue weighted by atomic mass is 35.5. The summed E-state index contributed by atoms with van der Waals surface area (Å²) in [5.41, 5.74) is 2.71. The number of nitrogens with one attached hydrogen (secondary N) is 3. The Hall–Kier alpha value is -4.02. The average molecular weight is 567 g/mol. The number of urea groups is 1. The van der Waals surface area contributed by atoms with Crippen molar-refractivity contribution in [1.82, 2.24) is 19.8 Å². The molecular weight excluding hydrogens is 538 g/mol. The molecule has 3 N–H and O–H groups in total. The third-order valence-electron chi connectivity index (χ3n) is 6.88. The fourth-order valence-corrected chi connectivity index (χ4v) is 5.13. The minimum atomic E-state index is -3.14. The number of fused-ring (bicyclic) bond motifs is 1. The smallest absolute Gasteiger partial charge is 0.326 e. The Balaban J connectivity index is 1.27. The van der Waals surface area contributed by atoms with Crippen LogP contribution in [0.1, 0.15) is 25.3 Å². The van der Waals surface area contributed by atoms with Gasteiger partial charge in [0.05, 0.1) is 5.52 Å². The van der Waals surface area contributed by atoms with Gasteiger partial charge in [-0.05, 0) is 67.9 Å². The number of hydrogen-bond donors (Lipinski definition) is 3. The standard InChI is InChI=1S/C29H29ClF2N6O2/c1-29(31,32)24-16-21(8-9-25(24)30)36-27(39)35-20-6-4-19(5-7-20)23-18-38(26-10-11-33-17-22(23)26)28(40)34-12-15-37-13-2-3-14-37/h4-11,16-18H,2-3,12-15H2,1H3,(H,34,40)(H2,35,36,39). The summed E-state index contributed by atoms with van der Waals surface area (Å²) in [6, 6.07) is 12.0. The van der Waals surface area contributed by atoms with Gasteiger partial charge in [-0.3, -0.25) is 9.55 Å². The molecule has 0 bridgehead atoms. The highest BCUT2D eigenvalue weighted by Gasteiger charge is 2.27. The summed E-state index contributed by atoms with van der Waals surface area (Å²) in [6.45, 7) is 4.29. The SMILES string of the molecule is CC(F)(F)c1cc(NC(=O)Nc2ccc(-c3cn(C(=O)NCCN4CCCC4)c4ccncc34)cc2)ccc1Cl. The van der Waals surface area contributed by atoms with Crippen molar-refractivity contribution in [2.24, 2.45) is 0 Å². The number of amides is 3. The molecule has 0 atom stereocenters. The van der Waals surface area contributed by atoms with Gasteiger partial charge in [0.1, 0.15) is 0 Å². The third kappa shape index (κ3) is 6.24. The molecule has 0 unspecified atom stereocenters. The van der Waals surface area contributed by atoms with E-state index < -0.39 is 12.0 Å². The molecule has 3 heterocycles. The maximum atomic E-state index is 13.8. The molecule has 208 valence electrons. The van der Waals surface area contributed by atoms with Gasteiger partial charge in [-0.15, -0.1) is 0 Å². The van der Waals surface area contributed by atoms with Gasteiger partial charge in [0.2, 0.25) is 0 Å². The van der Waals surface area contributed by atoms with Gasteiger partial charge < -0.3 is 20.9 Å². The van der Waals surface area contributed by atoms with E-state index in [9.17, 15) is 18.4 Å². The van der Waals surface area contributed by atoms with Crippen LogP contribution in [0.3, 0.4) is 0 Å². The van der Waals surface area contributed by atoms with Gasteiger partial charge in [-0.25, -0.2) is 18.4 Å². The number of carbonyl (C=O) groups is 2. The second-order valence-electron chi connectivity index (χ2n) is 9.83. The van der Waals surface area contributed by atoms with Crippen molar-refractivity contribution in [1.29, 1.82) is 0 Å². The molecule has 40 heavy (non-hydrogen) atoms. The summed E-state index contributed by atoms with van der Waals surface area (Å²) < 4.78 is 29.1. The first-order valence-corrected chi connectivity index (χ1v) is 13.4. The number of carbonyl (C=O) groups excluding carboxylic acids is 2. The molecule has 0 spiro atoms. The Labute approximate surface area is 235 Å². The van der Waals surface area contributed by atoms with Crippen molar-refractivity contribution in [3.05, 3.63) is 77.7 Å². The molecule has 8 nitrogen and oxygen atoms in total. The molecule has 2 aromatic carbocycles. The minimum absolute atomic E-state index is 0.0786. The van der Waals surface area contributed by atoms with E-state index >= 15 is 0 Å². The molecule has 4 aromatic rings. The largest absolute Gasteiger partial charge is 0.336 e. The number of likely N-dealkylation sites (tertiary alicyclic amines) is 1. The predicted molar refractivity (Wildman–Crippen MR) is 153 cm³/mol. The molecule has 5 rings (SSSR count). The number of rotatable bonds is 7. The van der Waals surface area contributed by atoms with Crippen molar-refractivity contribution >= 4 is 45.9 Å². The van der Waals surface area contributed by atoms with Gasteiger partial charge in [-0.2, -0.15) is 0 Å². The van der Waals surface area contributed by atoms with Crippen LogP contribution in [-0.2, 0) is 5.92 Å². The van der Waals surface area contributed by atoms with Gasteiger partial charge in [0.15, 0.2) is 0 Å². The monoisotopic (exact) mass is 566 g/mol. The van der Waals surface area contributed by atoms with Crippen LogP contribution < -0.4 is 16.0 Å². The molecule has 1 saturated heterocycles. The summed E-state index contributed by atoms with van der Waals surface area (Å²) in [6.07, 6.45) is 7.56. The van der Waals surface area contributed by atoms with E-state index in [1.54, 1.807) is 41.4 Å². The lowest BCUT2D eigenvalue weighted by atomic mass is 10.1. The number of hydrogen-bond acceptors (Lipinski definition) is 4. The zero-order chi connectivity index (χ0) is 28.3. The first-order chi connectivity index (χ1) is 19.2. The lowest BCUT2D eigenvalue weighted by Gasteiger charge is -2.15. The molecule has 11 heteroatoms. The van der Waals surface area contributed by atoms with E-state index in [0.717, 1.165) is 54.7 Å². The molecule has 1 aliphatic heterocycles. The Bertz CT molecular complexity index is 1530. The molecule has 2 aromatic heterocycles. The number of anilines is 2. The molecule has 0 saturated carbocycles. The Morgan fingerprint density at radius 1 is 1.02 bits per heavy atom. The summed E-state index contributed by atoms with van der Waals surface area (Å²) in [5, 5.41) is 8.99. The molecule has 0 aliphatic carbocycles. The number of aromatic nitrogens is 2. The Morgan fingerprint density at radius 3 is 2.45 bits per heavy atom. The van der Waals surface area contributed by atoms with E-state index in [0.29, 0.717) is 12.2 Å². The quantitative estimate of drug-likeness (QED) is 0.230. The Morgan fingerprint density at radius 2 is 1.73 bits per heavy atom. The molecule has 3 amide bonds. The van der Waals surface area contributed by atoms with Crippen LogP contribution in [0.4, 0.5) is 29.7 Å². The number of nitrogens with zero attached hydrogens (tertiary/aromatic N) is 3. The van der Waals surface area contributed by atoms with Crippen LogP contribution in [0, 0.1) is 0 Å². The first-order valence-electron chi connectivity index (χ1n) is 13.0. The average Bonchev–Trinajstić information content (AvgIpc) is 3.58. The van der Waals surface area contributed by atoms with Crippen LogP contribution >= 0.6 is 11.6 Å². The highest BCUT2D eigenvalue weighted by molar-refractivity contribution is 6.31. The van der Waals surface area contributed by atoms with Crippen LogP contribution in [0.25, 0.3) is 22.0 Å². The number of benzene rings is 2. The van der Waals surface area contributed by atoms with Crippen molar-refractivity contribution < 1.29 is 18.4 Å². The van der Waals surface area contributed by atoms with E-state index in [1.807, 2.05) is 12.1 Å². The topological polar surface area (TPSA) is 91.3 Å². The van der Waals surface area contributed by atoms with E-state index in [1.165, 1.54) is 25.0 Å². The van der Waals surface area contributed by atoms with Crippen LogP contribution in [-0.4, -0.2) is 52.7 Å². The lowest BCUT2D eigenvalue weighted by Crippen LogP contribution is -2.35. The summed E-state index contributed by atoms with van der Waals surface area (Å²) in [7, 11) is 0. The molecular formula is C29H29ClF2N6O2. The maximum absolute atomic E-state index is 13.8. The van der Waals surface area contributed by atoms with Crippen molar-refractivity contribution in [3.63, 3.8) is 0 Å². The van der Waals surface area contributed by atoms with E-state index in [2.05, 4.69) is 25.8 Å². The van der Waals surface area contributed by atoms with Gasteiger partial charge in [-0.1, -0.05) is 23.7 Å². The van der Waals surface area contributed by atoms with Crippen molar-refractivity contribution in [2.45, 2.75) is 25.7 Å². The van der Waals surface area contributed by atoms with E-state index in [4.69, 9.17) is 11.6 Å². The third-order valence-corrected chi connectivity index (χ3v) is 7.21. The van der Waals surface area contributed by atoms with Gasteiger partial charge in [0.25, 0.3) is 5.92 Å². The second-order valence-corrected chi connectivity index (χ2v) is 10.2. The first kappa shape index (κ1) is 27.5. The predicted octanol–water partition coefficient (Wildman–Crippen LogP) is 6.77. The molecule has 1 fully saturated rings. The summed E-state index contributed by atoms with van der Waals surface area (Å²) >= 11 is 5.88. The zero-order valence-electron chi connectivity index (χ0n) is 21.9. The fraction of sp³-hybridized carbons (Fsp3) is 0.276. The van der Waals surface area contributed by atoms with Crippen LogP contribution in [0.15, 0.2) is 67.1 Å². The van der Waals surface area contributed by atoms with Crippen LogP contribution in [0.5, 0.6) is 0 Å². The Kier molecular flexibility index (Phi) is 7.99. The number of pyridine rings is 1. The lowest BCUT2D eigenvalue weighted by molar-refractivity contribution is 0.0176. The zero-order valence-corrected chi connectivity index (χ0v) is 22.6. The molecule has 1 aliphatic rings. The van der Waals surface area contributed by atoms with E-state index in [-0.39, 0.29) is 22.3 Å². The van der Waals surface area contributed by atoms with Gasteiger partial charge in [0, 0.05) is 71.5 Å². The minimum Gasteiger partial charge on any atom is -0.336 e. The summed E-state index contributed by atoms with van der Waals surface area (Å²) in [4.78, 5) is 32.1. The maximum Gasteiger partial charge on any atom is 0.326 e. The number of alkyl halides is 2. The summed E-state index contributed by atoms with van der Waals surface area (Å²) in [5.74, 6) is -3.14. The fourth-order valence-electron chi connectivity index (χ4n) is 4.85. The van der Waals surface area contributed by atoms with Crippen molar-refractivity contribution in [2.75, 3.05) is 36.8 Å².